The Morgan fingerprint density at radius 2 is 1.68 bits per heavy atom. The van der Waals surface area contributed by atoms with Gasteiger partial charge in [-0.3, -0.25) is 0 Å². The summed E-state index contributed by atoms with van der Waals surface area (Å²) in [6, 6.07) is 10.8. The maximum absolute atomic E-state index is 8.76. The minimum absolute atomic E-state index is 0.360. The summed E-state index contributed by atoms with van der Waals surface area (Å²) < 4.78 is 0. The molecule has 0 spiro atoms. The van der Waals surface area contributed by atoms with Crippen molar-refractivity contribution < 1.29 is 0 Å². The van der Waals surface area contributed by atoms with E-state index in [1.165, 1.54) is 17.4 Å². The van der Waals surface area contributed by atoms with Gasteiger partial charge in [0.15, 0.2) is 5.69 Å². The van der Waals surface area contributed by atoms with Crippen molar-refractivity contribution >= 4 is 11.5 Å². The minimum atomic E-state index is 0.360. The normalized spacial score (nSPS) is 14.7. The van der Waals surface area contributed by atoms with Crippen molar-refractivity contribution in [2.45, 2.75) is 13.3 Å². The van der Waals surface area contributed by atoms with Gasteiger partial charge in [0.1, 0.15) is 11.9 Å². The minimum Gasteiger partial charge on any atom is -0.368 e. The Labute approximate surface area is 130 Å². The Kier molecular flexibility index (Phi) is 4.19. The van der Waals surface area contributed by atoms with Crippen LogP contribution in [0.4, 0.5) is 11.5 Å². The van der Waals surface area contributed by atoms with E-state index < -0.39 is 0 Å². The SMILES string of the molecule is CCc1ccc(N2CCN(c3cnc(C#N)cn3)CC2)cc1. The molecule has 112 valence electrons. The van der Waals surface area contributed by atoms with Gasteiger partial charge in [0, 0.05) is 31.9 Å². The molecule has 1 aromatic carbocycles. The van der Waals surface area contributed by atoms with E-state index in [1.807, 2.05) is 6.07 Å². The Hall–Kier alpha value is -2.61. The molecule has 5 nitrogen and oxygen atoms in total. The van der Waals surface area contributed by atoms with Crippen molar-refractivity contribution in [1.29, 1.82) is 5.26 Å². The van der Waals surface area contributed by atoms with Gasteiger partial charge in [0.2, 0.25) is 0 Å². The van der Waals surface area contributed by atoms with E-state index in [4.69, 9.17) is 5.26 Å². The van der Waals surface area contributed by atoms with Crippen LogP contribution in [0.3, 0.4) is 0 Å². The molecule has 0 N–H and O–H groups in total. The van der Waals surface area contributed by atoms with Crippen molar-refractivity contribution in [2.24, 2.45) is 0 Å². The van der Waals surface area contributed by atoms with Gasteiger partial charge in [-0.2, -0.15) is 5.26 Å². The largest absolute Gasteiger partial charge is 0.368 e. The smallest absolute Gasteiger partial charge is 0.158 e. The number of hydrogen-bond donors (Lipinski definition) is 0. The number of anilines is 2. The number of hydrogen-bond acceptors (Lipinski definition) is 5. The first-order valence-corrected chi connectivity index (χ1v) is 7.61. The van der Waals surface area contributed by atoms with Crippen LogP contribution in [0.5, 0.6) is 0 Å². The van der Waals surface area contributed by atoms with Crippen LogP contribution < -0.4 is 9.80 Å². The summed E-state index contributed by atoms with van der Waals surface area (Å²) >= 11 is 0. The number of piperazine rings is 1. The topological polar surface area (TPSA) is 56.0 Å². The summed E-state index contributed by atoms with van der Waals surface area (Å²) in [6.07, 6.45) is 4.29. The molecule has 0 amide bonds. The molecule has 1 aromatic heterocycles. The molecular formula is C17H19N5. The van der Waals surface area contributed by atoms with E-state index in [9.17, 15) is 0 Å². The predicted molar refractivity (Wildman–Crippen MR) is 87.0 cm³/mol. The molecule has 1 aliphatic heterocycles. The summed E-state index contributed by atoms with van der Waals surface area (Å²) in [6.45, 7) is 5.93. The first-order chi connectivity index (χ1) is 10.8. The summed E-state index contributed by atoms with van der Waals surface area (Å²) in [7, 11) is 0. The summed E-state index contributed by atoms with van der Waals surface area (Å²) in [5.74, 6) is 0.847. The number of aryl methyl sites for hydroxylation is 1. The lowest BCUT2D eigenvalue weighted by atomic mass is 10.1. The molecule has 0 radical (unpaired) electrons. The molecule has 1 aliphatic rings. The van der Waals surface area contributed by atoms with E-state index in [0.29, 0.717) is 5.69 Å². The van der Waals surface area contributed by atoms with Crippen molar-refractivity contribution in [3.05, 3.63) is 47.9 Å². The number of aromatic nitrogens is 2. The zero-order valence-electron chi connectivity index (χ0n) is 12.7. The summed E-state index contributed by atoms with van der Waals surface area (Å²) in [4.78, 5) is 13.0. The molecule has 22 heavy (non-hydrogen) atoms. The Morgan fingerprint density at radius 3 is 2.23 bits per heavy atom. The van der Waals surface area contributed by atoms with Gasteiger partial charge in [-0.25, -0.2) is 9.97 Å². The number of nitrogens with zero attached hydrogens (tertiary/aromatic N) is 5. The molecule has 2 aromatic rings. The molecule has 0 bridgehead atoms. The second-order valence-corrected chi connectivity index (χ2v) is 5.37. The first kappa shape index (κ1) is 14.3. The maximum atomic E-state index is 8.76. The monoisotopic (exact) mass is 293 g/mol. The second-order valence-electron chi connectivity index (χ2n) is 5.37. The lowest BCUT2D eigenvalue weighted by Gasteiger charge is -2.36. The van der Waals surface area contributed by atoms with Crippen LogP contribution in [0.25, 0.3) is 0 Å². The summed E-state index contributed by atoms with van der Waals surface area (Å²) in [5.41, 5.74) is 3.01. The molecule has 1 fully saturated rings. The third kappa shape index (κ3) is 3.01. The molecule has 0 atom stereocenters. The number of rotatable bonds is 3. The van der Waals surface area contributed by atoms with Crippen molar-refractivity contribution in [1.82, 2.24) is 9.97 Å². The molecule has 5 heteroatoms. The molecule has 0 saturated carbocycles. The van der Waals surface area contributed by atoms with Crippen LogP contribution in [-0.2, 0) is 6.42 Å². The fourth-order valence-corrected chi connectivity index (χ4v) is 2.68. The molecule has 0 aliphatic carbocycles. The van der Waals surface area contributed by atoms with Crippen molar-refractivity contribution in [3.8, 4) is 6.07 Å². The second kappa shape index (κ2) is 6.44. The Balaban J connectivity index is 1.62. The van der Waals surface area contributed by atoms with Gasteiger partial charge in [-0.1, -0.05) is 19.1 Å². The third-order valence-corrected chi connectivity index (χ3v) is 4.07. The molecule has 0 unspecified atom stereocenters. The van der Waals surface area contributed by atoms with Crippen LogP contribution in [-0.4, -0.2) is 36.1 Å². The van der Waals surface area contributed by atoms with Gasteiger partial charge in [-0.05, 0) is 24.1 Å². The third-order valence-electron chi connectivity index (χ3n) is 4.07. The van der Waals surface area contributed by atoms with Crippen LogP contribution in [0.2, 0.25) is 0 Å². The first-order valence-electron chi connectivity index (χ1n) is 7.61. The van der Waals surface area contributed by atoms with E-state index in [0.717, 1.165) is 38.4 Å². The van der Waals surface area contributed by atoms with Gasteiger partial charge in [0.25, 0.3) is 0 Å². The zero-order valence-corrected chi connectivity index (χ0v) is 12.7. The molecule has 2 heterocycles. The summed E-state index contributed by atoms with van der Waals surface area (Å²) in [5, 5.41) is 8.76. The zero-order chi connectivity index (χ0) is 15.4. The average molecular weight is 293 g/mol. The van der Waals surface area contributed by atoms with Gasteiger partial charge >= 0.3 is 0 Å². The van der Waals surface area contributed by atoms with Crippen LogP contribution in [0.15, 0.2) is 36.7 Å². The van der Waals surface area contributed by atoms with E-state index in [-0.39, 0.29) is 0 Å². The molecule has 1 saturated heterocycles. The highest BCUT2D eigenvalue weighted by molar-refractivity contribution is 5.50. The molecular weight excluding hydrogens is 274 g/mol. The fourth-order valence-electron chi connectivity index (χ4n) is 2.68. The quantitative estimate of drug-likeness (QED) is 0.868. The number of benzene rings is 1. The van der Waals surface area contributed by atoms with Gasteiger partial charge in [-0.15, -0.1) is 0 Å². The van der Waals surface area contributed by atoms with Crippen molar-refractivity contribution in [3.63, 3.8) is 0 Å². The van der Waals surface area contributed by atoms with Crippen LogP contribution >= 0.6 is 0 Å². The Morgan fingerprint density at radius 1 is 1.00 bits per heavy atom. The fraction of sp³-hybridized carbons (Fsp3) is 0.353. The lowest BCUT2D eigenvalue weighted by molar-refractivity contribution is 0.646. The van der Waals surface area contributed by atoms with Crippen LogP contribution in [0.1, 0.15) is 18.2 Å². The highest BCUT2D eigenvalue weighted by Gasteiger charge is 2.18. The molecule has 3 rings (SSSR count). The Bertz CT molecular complexity index is 649. The van der Waals surface area contributed by atoms with Gasteiger partial charge < -0.3 is 9.80 Å². The van der Waals surface area contributed by atoms with E-state index in [1.54, 1.807) is 6.20 Å². The van der Waals surface area contributed by atoms with Gasteiger partial charge in [0.05, 0.1) is 12.4 Å². The predicted octanol–water partition coefficient (Wildman–Crippen LogP) is 2.24. The highest BCUT2D eigenvalue weighted by Crippen LogP contribution is 2.19. The average Bonchev–Trinajstić information content (AvgIpc) is 2.62. The van der Waals surface area contributed by atoms with Crippen molar-refractivity contribution in [2.75, 3.05) is 36.0 Å². The van der Waals surface area contributed by atoms with E-state index >= 15 is 0 Å². The maximum Gasteiger partial charge on any atom is 0.158 e. The standard InChI is InChI=1S/C17H19N5/c1-2-14-3-5-16(6-4-14)21-7-9-22(10-8-21)17-13-19-15(11-18)12-20-17/h3-6,12-13H,2,7-10H2,1H3. The lowest BCUT2D eigenvalue weighted by Crippen LogP contribution is -2.46. The van der Waals surface area contributed by atoms with Crippen LogP contribution in [0, 0.1) is 11.3 Å². The highest BCUT2D eigenvalue weighted by atomic mass is 15.3. The van der Waals surface area contributed by atoms with E-state index in [2.05, 4.69) is 51.0 Å². The number of nitriles is 1.